The van der Waals surface area contributed by atoms with E-state index < -0.39 is 16.0 Å². The van der Waals surface area contributed by atoms with Crippen molar-refractivity contribution in [2.75, 3.05) is 5.75 Å². The van der Waals surface area contributed by atoms with E-state index in [9.17, 15) is 13.2 Å². The number of benzene rings is 1. The van der Waals surface area contributed by atoms with Crippen LogP contribution in [0.4, 0.5) is 0 Å². The average Bonchev–Trinajstić information content (AvgIpc) is 2.64. The molecule has 0 radical (unpaired) electrons. The van der Waals surface area contributed by atoms with Crippen molar-refractivity contribution in [1.29, 1.82) is 0 Å². The van der Waals surface area contributed by atoms with Gasteiger partial charge in [-0.1, -0.05) is 35.9 Å². The van der Waals surface area contributed by atoms with E-state index in [4.69, 9.17) is 16.7 Å². The largest absolute Gasteiger partial charge is 0.481 e. The van der Waals surface area contributed by atoms with Crippen LogP contribution in [0.2, 0.25) is 5.02 Å². The van der Waals surface area contributed by atoms with Crippen molar-refractivity contribution >= 4 is 27.6 Å². The van der Waals surface area contributed by atoms with Crippen molar-refractivity contribution in [2.24, 2.45) is 0 Å². The normalized spacial score (nSPS) is 15.2. The van der Waals surface area contributed by atoms with Gasteiger partial charge < -0.3 is 5.11 Å². The third-order valence-corrected chi connectivity index (χ3v) is 6.24. The summed E-state index contributed by atoms with van der Waals surface area (Å²) in [4.78, 5) is 10.5. The van der Waals surface area contributed by atoms with Gasteiger partial charge in [0, 0.05) is 17.1 Å². The molecule has 5 nitrogen and oxygen atoms in total. The Morgan fingerprint density at radius 1 is 1.21 bits per heavy atom. The second-order valence-electron chi connectivity index (χ2n) is 7.05. The van der Waals surface area contributed by atoms with E-state index in [1.807, 2.05) is 24.3 Å². The molecule has 2 rings (SSSR count). The number of rotatable bonds is 11. The van der Waals surface area contributed by atoms with Gasteiger partial charge in [0.15, 0.2) is 0 Å². The molecule has 0 bridgehead atoms. The lowest BCUT2D eigenvalue weighted by molar-refractivity contribution is -0.137. The number of halogens is 1. The molecule has 1 aliphatic carbocycles. The number of allylic oxidation sites excluding steroid dienone is 4. The fourth-order valence-electron chi connectivity index (χ4n) is 3.21. The number of carbonyl (C=O) groups is 1. The maximum absolute atomic E-state index is 12.5. The van der Waals surface area contributed by atoms with Gasteiger partial charge >= 0.3 is 5.97 Å². The van der Waals surface area contributed by atoms with Gasteiger partial charge in [0.25, 0.3) is 0 Å². The first-order valence-corrected chi connectivity index (χ1v) is 11.7. The van der Waals surface area contributed by atoms with Crippen LogP contribution >= 0.6 is 11.6 Å². The van der Waals surface area contributed by atoms with Crippen LogP contribution in [0.15, 0.2) is 47.7 Å². The Kier molecular flexibility index (Phi) is 9.06. The minimum atomic E-state index is -3.41. The van der Waals surface area contributed by atoms with Crippen molar-refractivity contribution in [3.63, 3.8) is 0 Å². The van der Waals surface area contributed by atoms with Crippen molar-refractivity contribution in [2.45, 2.75) is 57.8 Å². The van der Waals surface area contributed by atoms with E-state index in [0.29, 0.717) is 24.3 Å². The molecule has 0 aromatic heterocycles. The van der Waals surface area contributed by atoms with Crippen LogP contribution in [0.1, 0.15) is 56.9 Å². The number of carboxylic acid groups (broad SMARTS) is 1. The predicted molar refractivity (Wildman–Crippen MR) is 113 cm³/mol. The highest BCUT2D eigenvalue weighted by atomic mass is 35.5. The molecule has 0 spiro atoms. The molecule has 2 N–H and O–H groups in total. The van der Waals surface area contributed by atoms with Crippen LogP contribution in [-0.2, 0) is 21.2 Å². The quantitative estimate of drug-likeness (QED) is 0.392. The van der Waals surface area contributed by atoms with Gasteiger partial charge in [-0.15, -0.1) is 0 Å². The molecule has 1 aromatic carbocycles. The maximum atomic E-state index is 12.5. The average molecular weight is 426 g/mol. The Bertz CT molecular complexity index is 831. The van der Waals surface area contributed by atoms with Crippen LogP contribution in [-0.4, -0.2) is 25.2 Å². The second kappa shape index (κ2) is 11.3. The number of hydrogen-bond donors (Lipinski definition) is 2. The smallest absolute Gasteiger partial charge is 0.303 e. The van der Waals surface area contributed by atoms with Gasteiger partial charge in [0.05, 0.1) is 5.75 Å². The lowest BCUT2D eigenvalue weighted by Gasteiger charge is -2.21. The highest BCUT2D eigenvalue weighted by molar-refractivity contribution is 7.89. The molecule has 0 amide bonds. The van der Waals surface area contributed by atoms with E-state index in [-0.39, 0.29) is 12.2 Å². The number of aryl methyl sites for hydroxylation is 1. The summed E-state index contributed by atoms with van der Waals surface area (Å²) >= 11 is 5.96. The summed E-state index contributed by atoms with van der Waals surface area (Å²) in [5, 5.41) is 9.25. The fourth-order valence-corrected chi connectivity index (χ4v) is 4.66. The summed E-state index contributed by atoms with van der Waals surface area (Å²) in [6.45, 7) is 0. The molecule has 0 saturated heterocycles. The first-order valence-electron chi connectivity index (χ1n) is 9.68. The van der Waals surface area contributed by atoms with Crippen molar-refractivity contribution in [1.82, 2.24) is 4.72 Å². The minimum absolute atomic E-state index is 0.0230. The molecule has 0 aliphatic heterocycles. The lowest BCUT2D eigenvalue weighted by Crippen LogP contribution is -2.28. The predicted octanol–water partition coefficient (Wildman–Crippen LogP) is 4.83. The second-order valence-corrected chi connectivity index (χ2v) is 9.33. The Labute approximate surface area is 172 Å². The monoisotopic (exact) mass is 425 g/mol. The topological polar surface area (TPSA) is 83.5 Å². The summed E-state index contributed by atoms with van der Waals surface area (Å²) in [5.74, 6) is -0.757. The number of nitrogens with one attached hydrogen (secondary N) is 1. The third-order valence-electron chi connectivity index (χ3n) is 4.70. The number of aliphatic carboxylic acids is 1. The number of carboxylic acids is 1. The molecule has 154 valence electrons. The molecule has 7 heteroatoms. The van der Waals surface area contributed by atoms with Gasteiger partial charge in [-0.2, -0.15) is 0 Å². The first kappa shape index (κ1) is 22.5. The standard InChI is InChI=1S/C21H28ClNO4S/c22-19-11-7-8-17(16-19)14-15-28(26,27)23-20-12-6-5-10-18(20)9-3-1-2-4-13-21(24)25/h1,3,7-8,11,16,23H,2,4-6,9-10,12-15H2,(H,24,25). The zero-order valence-corrected chi connectivity index (χ0v) is 17.6. The molecule has 0 heterocycles. The molecule has 0 atom stereocenters. The fraction of sp³-hybridized carbons (Fsp3) is 0.476. The molecule has 1 aliphatic rings. The third kappa shape index (κ3) is 8.48. The summed E-state index contributed by atoms with van der Waals surface area (Å²) in [5.41, 5.74) is 2.86. The number of unbranched alkanes of at least 4 members (excludes halogenated alkanes) is 1. The Morgan fingerprint density at radius 3 is 2.75 bits per heavy atom. The summed E-state index contributed by atoms with van der Waals surface area (Å²) in [6, 6.07) is 7.26. The van der Waals surface area contributed by atoms with Gasteiger partial charge in [0.2, 0.25) is 10.0 Å². The zero-order chi connectivity index (χ0) is 20.4. The van der Waals surface area contributed by atoms with Crippen molar-refractivity contribution in [3.05, 3.63) is 58.3 Å². The summed E-state index contributed by atoms with van der Waals surface area (Å²) < 4.78 is 27.9. The van der Waals surface area contributed by atoms with E-state index in [1.54, 1.807) is 12.1 Å². The van der Waals surface area contributed by atoms with Crippen LogP contribution in [0, 0.1) is 0 Å². The molecule has 1 aromatic rings. The van der Waals surface area contributed by atoms with Gasteiger partial charge in [-0.3, -0.25) is 9.52 Å². The van der Waals surface area contributed by atoms with Gasteiger partial charge in [0.1, 0.15) is 0 Å². The SMILES string of the molecule is O=C(O)CCCC=CCC1=C(NS(=O)(=O)CCc2cccc(Cl)c2)CCCC1. The van der Waals surface area contributed by atoms with E-state index >= 15 is 0 Å². The molecule has 0 saturated carbocycles. The Hall–Kier alpha value is -1.79. The van der Waals surface area contributed by atoms with Crippen LogP contribution in [0.5, 0.6) is 0 Å². The number of hydrogen-bond acceptors (Lipinski definition) is 3. The Morgan fingerprint density at radius 2 is 2.00 bits per heavy atom. The van der Waals surface area contributed by atoms with Crippen LogP contribution in [0.25, 0.3) is 0 Å². The first-order chi connectivity index (χ1) is 13.4. The molecular formula is C21H28ClNO4S. The summed E-state index contributed by atoms with van der Waals surface area (Å²) in [7, 11) is -3.41. The molecule has 0 fully saturated rings. The number of sulfonamides is 1. The van der Waals surface area contributed by atoms with Gasteiger partial charge in [-0.05, 0) is 74.6 Å². The highest BCUT2D eigenvalue weighted by Crippen LogP contribution is 2.26. The van der Waals surface area contributed by atoms with E-state index in [0.717, 1.165) is 48.9 Å². The minimum Gasteiger partial charge on any atom is -0.481 e. The lowest BCUT2D eigenvalue weighted by atomic mass is 9.94. The molecular weight excluding hydrogens is 398 g/mol. The van der Waals surface area contributed by atoms with Crippen molar-refractivity contribution in [3.8, 4) is 0 Å². The van der Waals surface area contributed by atoms with E-state index in [2.05, 4.69) is 4.72 Å². The molecule has 28 heavy (non-hydrogen) atoms. The summed E-state index contributed by atoms with van der Waals surface area (Å²) in [6.07, 6.45) is 10.3. The van der Waals surface area contributed by atoms with Crippen molar-refractivity contribution < 1.29 is 18.3 Å². The Balaban J connectivity index is 1.91. The van der Waals surface area contributed by atoms with E-state index in [1.165, 1.54) is 0 Å². The highest BCUT2D eigenvalue weighted by Gasteiger charge is 2.18. The van der Waals surface area contributed by atoms with Crippen LogP contribution in [0.3, 0.4) is 0 Å². The zero-order valence-electron chi connectivity index (χ0n) is 16.0. The van der Waals surface area contributed by atoms with Gasteiger partial charge in [-0.25, -0.2) is 8.42 Å². The molecule has 0 unspecified atom stereocenters. The maximum Gasteiger partial charge on any atom is 0.303 e. The van der Waals surface area contributed by atoms with Crippen LogP contribution < -0.4 is 4.72 Å².